The quantitative estimate of drug-likeness (QED) is 0.789. The van der Waals surface area contributed by atoms with E-state index in [1.54, 1.807) is 0 Å². The Balaban J connectivity index is 2.82. The molecule has 0 fully saturated rings. The molecule has 1 aromatic rings. The highest BCUT2D eigenvalue weighted by Crippen LogP contribution is 2.27. The summed E-state index contributed by atoms with van der Waals surface area (Å²) in [5.41, 5.74) is -1.24. The number of nitrogens with one attached hydrogen (secondary N) is 1. The van der Waals surface area contributed by atoms with Crippen LogP contribution in [0.25, 0.3) is 0 Å². The molecule has 0 aliphatic carbocycles. The van der Waals surface area contributed by atoms with Crippen molar-refractivity contribution in [2.24, 2.45) is 0 Å². The molecule has 0 amide bonds. The smallest absolute Gasteiger partial charge is 0.364 e. The third-order valence-electron chi connectivity index (χ3n) is 1.46. The standard InChI is InChI=1S/C9H12F3N3/c1-8(2,3)13-7-5-4-6(14-15-7)9(10,11)12/h4-5H,1-3H3,(H,13,15). The maximum atomic E-state index is 12.1. The van der Waals surface area contributed by atoms with Crippen LogP contribution in [-0.4, -0.2) is 15.7 Å². The molecule has 0 saturated heterocycles. The lowest BCUT2D eigenvalue weighted by atomic mass is 10.1. The molecule has 0 aliphatic heterocycles. The van der Waals surface area contributed by atoms with E-state index >= 15 is 0 Å². The van der Waals surface area contributed by atoms with E-state index in [2.05, 4.69) is 15.5 Å². The van der Waals surface area contributed by atoms with Crippen molar-refractivity contribution in [2.75, 3.05) is 5.32 Å². The van der Waals surface area contributed by atoms with Gasteiger partial charge in [0.2, 0.25) is 0 Å². The van der Waals surface area contributed by atoms with E-state index in [1.165, 1.54) is 6.07 Å². The van der Waals surface area contributed by atoms with Crippen molar-refractivity contribution < 1.29 is 13.2 Å². The Bertz CT molecular complexity index is 324. The van der Waals surface area contributed by atoms with Crippen LogP contribution in [0.4, 0.5) is 19.0 Å². The Labute approximate surface area is 85.7 Å². The molecule has 3 nitrogen and oxygen atoms in total. The Morgan fingerprint density at radius 2 is 1.67 bits per heavy atom. The first-order chi connectivity index (χ1) is 6.68. The van der Waals surface area contributed by atoms with Gasteiger partial charge in [0, 0.05) is 5.54 Å². The summed E-state index contributed by atoms with van der Waals surface area (Å²) < 4.78 is 36.4. The van der Waals surface area contributed by atoms with Crippen LogP contribution in [0.15, 0.2) is 12.1 Å². The predicted molar refractivity (Wildman–Crippen MR) is 50.4 cm³/mol. The monoisotopic (exact) mass is 219 g/mol. The zero-order chi connectivity index (χ0) is 11.7. The molecule has 15 heavy (non-hydrogen) atoms. The summed E-state index contributed by atoms with van der Waals surface area (Å²) >= 11 is 0. The van der Waals surface area contributed by atoms with Gasteiger partial charge in [-0.25, -0.2) is 0 Å². The van der Waals surface area contributed by atoms with Gasteiger partial charge in [-0.2, -0.15) is 13.2 Å². The minimum Gasteiger partial charge on any atom is -0.364 e. The molecule has 84 valence electrons. The van der Waals surface area contributed by atoms with Gasteiger partial charge in [-0.15, -0.1) is 10.2 Å². The largest absolute Gasteiger partial charge is 0.435 e. The van der Waals surface area contributed by atoms with Crippen molar-refractivity contribution in [3.63, 3.8) is 0 Å². The third-order valence-corrected chi connectivity index (χ3v) is 1.46. The molecule has 0 bridgehead atoms. The fourth-order valence-electron chi connectivity index (χ4n) is 0.934. The summed E-state index contributed by atoms with van der Waals surface area (Å²) in [7, 11) is 0. The molecular weight excluding hydrogens is 207 g/mol. The number of aromatic nitrogens is 2. The van der Waals surface area contributed by atoms with Gasteiger partial charge in [-0.1, -0.05) is 0 Å². The highest BCUT2D eigenvalue weighted by molar-refractivity contribution is 5.35. The molecule has 0 radical (unpaired) electrons. The minimum atomic E-state index is -4.44. The molecule has 0 aromatic carbocycles. The fraction of sp³-hybridized carbons (Fsp3) is 0.556. The molecule has 1 N–H and O–H groups in total. The molecular formula is C9H12F3N3. The van der Waals surface area contributed by atoms with Gasteiger partial charge in [0.15, 0.2) is 5.69 Å². The van der Waals surface area contributed by atoms with Crippen LogP contribution in [0.5, 0.6) is 0 Å². The van der Waals surface area contributed by atoms with Gasteiger partial charge in [0.05, 0.1) is 0 Å². The van der Waals surface area contributed by atoms with Crippen molar-refractivity contribution in [2.45, 2.75) is 32.5 Å². The van der Waals surface area contributed by atoms with Crippen molar-refractivity contribution >= 4 is 5.82 Å². The number of hydrogen-bond donors (Lipinski definition) is 1. The molecule has 1 aromatic heterocycles. The number of alkyl halides is 3. The summed E-state index contributed by atoms with van der Waals surface area (Å²) in [6, 6.07) is 2.17. The average Bonchev–Trinajstić information content (AvgIpc) is 2.00. The summed E-state index contributed by atoms with van der Waals surface area (Å²) in [5, 5.41) is 9.46. The Kier molecular flexibility index (Phi) is 2.88. The predicted octanol–water partition coefficient (Wildman–Crippen LogP) is 2.71. The van der Waals surface area contributed by atoms with Gasteiger partial charge in [0.25, 0.3) is 0 Å². The molecule has 0 spiro atoms. The number of rotatable bonds is 1. The maximum absolute atomic E-state index is 12.1. The lowest BCUT2D eigenvalue weighted by Crippen LogP contribution is -2.27. The molecule has 0 atom stereocenters. The van der Waals surface area contributed by atoms with E-state index in [0.29, 0.717) is 5.82 Å². The lowest BCUT2D eigenvalue weighted by molar-refractivity contribution is -0.141. The number of anilines is 1. The van der Waals surface area contributed by atoms with Crippen molar-refractivity contribution in [1.82, 2.24) is 10.2 Å². The van der Waals surface area contributed by atoms with Crippen molar-refractivity contribution in [3.8, 4) is 0 Å². The van der Waals surface area contributed by atoms with E-state index in [-0.39, 0.29) is 5.54 Å². The van der Waals surface area contributed by atoms with Gasteiger partial charge in [-0.3, -0.25) is 0 Å². The molecule has 0 saturated carbocycles. The van der Waals surface area contributed by atoms with Crippen LogP contribution in [-0.2, 0) is 6.18 Å². The van der Waals surface area contributed by atoms with Gasteiger partial charge < -0.3 is 5.32 Å². The summed E-state index contributed by atoms with van der Waals surface area (Å²) in [6.07, 6.45) is -4.44. The third kappa shape index (κ3) is 3.73. The Hall–Kier alpha value is -1.33. The van der Waals surface area contributed by atoms with E-state index in [1.807, 2.05) is 20.8 Å². The lowest BCUT2D eigenvalue weighted by Gasteiger charge is -2.20. The summed E-state index contributed by atoms with van der Waals surface area (Å²) in [4.78, 5) is 0. The van der Waals surface area contributed by atoms with E-state index in [0.717, 1.165) is 6.07 Å². The maximum Gasteiger partial charge on any atom is 0.435 e. The van der Waals surface area contributed by atoms with Crippen LogP contribution in [0.1, 0.15) is 26.5 Å². The van der Waals surface area contributed by atoms with Crippen LogP contribution >= 0.6 is 0 Å². The molecule has 0 aliphatic rings. The first-order valence-electron chi connectivity index (χ1n) is 4.37. The Morgan fingerprint density at radius 1 is 1.07 bits per heavy atom. The highest BCUT2D eigenvalue weighted by Gasteiger charge is 2.32. The minimum absolute atomic E-state index is 0.256. The highest BCUT2D eigenvalue weighted by atomic mass is 19.4. The second-order valence-electron chi connectivity index (χ2n) is 4.18. The van der Waals surface area contributed by atoms with E-state index in [9.17, 15) is 13.2 Å². The van der Waals surface area contributed by atoms with Crippen molar-refractivity contribution in [3.05, 3.63) is 17.8 Å². The Morgan fingerprint density at radius 3 is 2.00 bits per heavy atom. The summed E-state index contributed by atoms with van der Waals surface area (Å²) in [5.74, 6) is 0.329. The fourth-order valence-corrected chi connectivity index (χ4v) is 0.934. The topological polar surface area (TPSA) is 37.8 Å². The number of hydrogen-bond acceptors (Lipinski definition) is 3. The van der Waals surface area contributed by atoms with Gasteiger partial charge in [0.1, 0.15) is 5.82 Å². The zero-order valence-electron chi connectivity index (χ0n) is 8.68. The van der Waals surface area contributed by atoms with E-state index < -0.39 is 11.9 Å². The molecule has 1 rings (SSSR count). The molecule has 1 heterocycles. The second kappa shape index (κ2) is 3.67. The summed E-state index contributed by atoms with van der Waals surface area (Å²) in [6.45, 7) is 5.64. The molecule has 6 heteroatoms. The SMILES string of the molecule is CC(C)(C)Nc1ccc(C(F)(F)F)nn1. The molecule has 0 unspecified atom stereocenters. The van der Waals surface area contributed by atoms with Crippen LogP contribution in [0, 0.1) is 0 Å². The second-order valence-corrected chi connectivity index (χ2v) is 4.18. The van der Waals surface area contributed by atoms with Crippen LogP contribution in [0.3, 0.4) is 0 Å². The van der Waals surface area contributed by atoms with Crippen LogP contribution < -0.4 is 5.32 Å². The van der Waals surface area contributed by atoms with Crippen LogP contribution in [0.2, 0.25) is 0 Å². The normalized spacial score (nSPS) is 12.7. The number of nitrogens with zero attached hydrogens (tertiary/aromatic N) is 2. The first kappa shape index (κ1) is 11.7. The van der Waals surface area contributed by atoms with Crippen molar-refractivity contribution in [1.29, 1.82) is 0 Å². The first-order valence-corrected chi connectivity index (χ1v) is 4.37. The zero-order valence-corrected chi connectivity index (χ0v) is 8.68. The van der Waals surface area contributed by atoms with Gasteiger partial charge >= 0.3 is 6.18 Å². The van der Waals surface area contributed by atoms with E-state index in [4.69, 9.17) is 0 Å². The average molecular weight is 219 g/mol. The van der Waals surface area contributed by atoms with Gasteiger partial charge in [-0.05, 0) is 32.9 Å². The number of halogens is 3.